The number of hydrogen-bond acceptors (Lipinski definition) is 3. The van der Waals surface area contributed by atoms with Crippen molar-refractivity contribution in [3.05, 3.63) is 35.4 Å². The van der Waals surface area contributed by atoms with E-state index in [9.17, 15) is 4.79 Å². The molecule has 3 heteroatoms. The molecule has 0 aromatic heterocycles. The van der Waals surface area contributed by atoms with Gasteiger partial charge in [-0.3, -0.25) is 4.90 Å². The van der Waals surface area contributed by atoms with Crippen LogP contribution in [-0.2, 0) is 11.3 Å². The van der Waals surface area contributed by atoms with Crippen LogP contribution in [0.15, 0.2) is 24.3 Å². The molecule has 1 aromatic carbocycles. The molecule has 3 nitrogen and oxygen atoms in total. The lowest BCUT2D eigenvalue weighted by molar-refractivity contribution is 0.0600. The third-order valence-electron chi connectivity index (χ3n) is 4.30. The number of hydrogen-bond donors (Lipinski definition) is 0. The van der Waals surface area contributed by atoms with E-state index in [0.29, 0.717) is 5.56 Å². The molecular weight excluding hydrogens is 250 g/mol. The van der Waals surface area contributed by atoms with Crippen molar-refractivity contribution < 1.29 is 9.53 Å². The molecule has 0 spiro atoms. The molecule has 1 unspecified atom stereocenters. The molecule has 20 heavy (non-hydrogen) atoms. The number of rotatable bonds is 4. The molecule has 0 amide bonds. The first-order valence-corrected chi connectivity index (χ1v) is 7.62. The highest BCUT2D eigenvalue weighted by Gasteiger charge is 2.15. The normalized spacial score (nSPS) is 20.4. The number of nitrogens with zero attached hydrogens (tertiary/aromatic N) is 1. The summed E-state index contributed by atoms with van der Waals surface area (Å²) in [6.45, 7) is 5.66. The Labute approximate surface area is 121 Å². The second kappa shape index (κ2) is 7.44. The summed E-state index contributed by atoms with van der Waals surface area (Å²) in [7, 11) is 1.41. The van der Waals surface area contributed by atoms with Crippen LogP contribution in [0.4, 0.5) is 0 Å². The van der Waals surface area contributed by atoms with E-state index in [1.54, 1.807) is 0 Å². The highest BCUT2D eigenvalue weighted by Crippen LogP contribution is 2.21. The molecule has 0 radical (unpaired) electrons. The molecule has 1 saturated heterocycles. The average Bonchev–Trinajstić information content (AvgIpc) is 2.72. The average molecular weight is 275 g/mol. The van der Waals surface area contributed by atoms with E-state index >= 15 is 0 Å². The van der Waals surface area contributed by atoms with E-state index in [0.717, 1.165) is 12.5 Å². The number of ether oxygens (including phenoxy) is 1. The molecule has 1 aliphatic heterocycles. The van der Waals surface area contributed by atoms with Gasteiger partial charge in [-0.2, -0.15) is 0 Å². The third-order valence-corrected chi connectivity index (χ3v) is 4.30. The van der Waals surface area contributed by atoms with Crippen LogP contribution in [-0.4, -0.2) is 31.1 Å². The quantitative estimate of drug-likeness (QED) is 0.788. The number of carbonyl (C=O) groups excluding carboxylic acids is 1. The summed E-state index contributed by atoms with van der Waals surface area (Å²) < 4.78 is 4.72. The van der Waals surface area contributed by atoms with E-state index in [-0.39, 0.29) is 5.97 Å². The Morgan fingerprint density at radius 2 is 2.00 bits per heavy atom. The predicted octanol–water partition coefficient (Wildman–Crippen LogP) is 3.49. The van der Waals surface area contributed by atoms with Gasteiger partial charge in [-0.05, 0) is 56.0 Å². The standard InChI is InChI=1S/C17H25NO2/c1-3-14-5-4-11-18(12-10-14)13-15-6-8-16(9-7-15)17(19)20-2/h6-9,14H,3-5,10-13H2,1-2H3. The maximum atomic E-state index is 11.4. The number of likely N-dealkylation sites (tertiary alicyclic amines) is 1. The van der Waals surface area contributed by atoms with Crippen LogP contribution in [0.25, 0.3) is 0 Å². The number of methoxy groups -OCH3 is 1. The van der Waals surface area contributed by atoms with Crippen molar-refractivity contribution in [1.29, 1.82) is 0 Å². The van der Waals surface area contributed by atoms with E-state index in [2.05, 4.69) is 11.8 Å². The predicted molar refractivity (Wildman–Crippen MR) is 80.7 cm³/mol. The summed E-state index contributed by atoms with van der Waals surface area (Å²) >= 11 is 0. The molecule has 1 fully saturated rings. The molecule has 1 heterocycles. The first-order chi connectivity index (χ1) is 9.72. The minimum atomic E-state index is -0.267. The molecule has 0 bridgehead atoms. The molecule has 1 aromatic rings. The summed E-state index contributed by atoms with van der Waals surface area (Å²) in [5.41, 5.74) is 1.89. The zero-order valence-electron chi connectivity index (χ0n) is 12.6. The molecular formula is C17H25NO2. The summed E-state index contributed by atoms with van der Waals surface area (Å²) in [4.78, 5) is 13.9. The SMILES string of the molecule is CCC1CCCN(Cc2ccc(C(=O)OC)cc2)CC1. The van der Waals surface area contributed by atoms with Gasteiger partial charge in [0, 0.05) is 6.54 Å². The monoisotopic (exact) mass is 275 g/mol. The summed E-state index contributed by atoms with van der Waals surface area (Å²) in [6, 6.07) is 7.78. The number of esters is 1. The Balaban J connectivity index is 1.91. The molecule has 1 atom stereocenters. The lowest BCUT2D eigenvalue weighted by Gasteiger charge is -2.20. The zero-order valence-corrected chi connectivity index (χ0v) is 12.6. The van der Waals surface area contributed by atoms with Gasteiger partial charge in [0.15, 0.2) is 0 Å². The second-order valence-corrected chi connectivity index (χ2v) is 5.67. The fraction of sp³-hybridized carbons (Fsp3) is 0.588. The van der Waals surface area contributed by atoms with Crippen LogP contribution in [0.1, 0.15) is 48.5 Å². The van der Waals surface area contributed by atoms with Crippen LogP contribution in [0.2, 0.25) is 0 Å². The first-order valence-electron chi connectivity index (χ1n) is 7.62. The zero-order chi connectivity index (χ0) is 14.4. The van der Waals surface area contributed by atoms with Crippen molar-refractivity contribution in [1.82, 2.24) is 4.90 Å². The van der Waals surface area contributed by atoms with Crippen molar-refractivity contribution in [2.75, 3.05) is 20.2 Å². The van der Waals surface area contributed by atoms with E-state index in [4.69, 9.17) is 4.74 Å². The van der Waals surface area contributed by atoms with Gasteiger partial charge in [-0.25, -0.2) is 4.79 Å². The summed E-state index contributed by atoms with van der Waals surface area (Å²) in [5.74, 6) is 0.638. The Bertz CT molecular complexity index is 427. The highest BCUT2D eigenvalue weighted by molar-refractivity contribution is 5.89. The summed E-state index contributed by atoms with van der Waals surface area (Å²) in [6.07, 6.45) is 5.30. The van der Waals surface area contributed by atoms with Crippen molar-refractivity contribution >= 4 is 5.97 Å². The second-order valence-electron chi connectivity index (χ2n) is 5.67. The van der Waals surface area contributed by atoms with E-state index in [1.165, 1.54) is 51.4 Å². The summed E-state index contributed by atoms with van der Waals surface area (Å²) in [5, 5.41) is 0. The Morgan fingerprint density at radius 1 is 1.25 bits per heavy atom. The lowest BCUT2D eigenvalue weighted by Crippen LogP contribution is -2.24. The molecule has 0 aliphatic carbocycles. The Morgan fingerprint density at radius 3 is 2.65 bits per heavy atom. The van der Waals surface area contributed by atoms with Gasteiger partial charge in [-0.1, -0.05) is 25.5 Å². The van der Waals surface area contributed by atoms with Crippen molar-refractivity contribution in [2.45, 2.75) is 39.2 Å². The molecule has 2 rings (SSSR count). The topological polar surface area (TPSA) is 29.5 Å². The molecule has 0 N–H and O–H groups in total. The maximum Gasteiger partial charge on any atom is 0.337 e. The number of carbonyl (C=O) groups is 1. The van der Waals surface area contributed by atoms with Crippen LogP contribution < -0.4 is 0 Å². The van der Waals surface area contributed by atoms with Crippen LogP contribution >= 0.6 is 0 Å². The van der Waals surface area contributed by atoms with Gasteiger partial charge in [-0.15, -0.1) is 0 Å². The van der Waals surface area contributed by atoms with E-state index in [1.807, 2.05) is 24.3 Å². The molecule has 1 aliphatic rings. The maximum absolute atomic E-state index is 11.4. The minimum absolute atomic E-state index is 0.267. The highest BCUT2D eigenvalue weighted by atomic mass is 16.5. The smallest absolute Gasteiger partial charge is 0.337 e. The van der Waals surface area contributed by atoms with Crippen LogP contribution in [0.5, 0.6) is 0 Å². The van der Waals surface area contributed by atoms with Gasteiger partial charge in [0.05, 0.1) is 12.7 Å². The van der Waals surface area contributed by atoms with Gasteiger partial charge in [0.1, 0.15) is 0 Å². The van der Waals surface area contributed by atoms with Gasteiger partial charge >= 0.3 is 5.97 Å². The Kier molecular flexibility index (Phi) is 5.60. The third kappa shape index (κ3) is 4.07. The fourth-order valence-corrected chi connectivity index (χ4v) is 2.91. The molecule has 110 valence electrons. The van der Waals surface area contributed by atoms with Crippen LogP contribution in [0.3, 0.4) is 0 Å². The van der Waals surface area contributed by atoms with Gasteiger partial charge in [0.25, 0.3) is 0 Å². The fourth-order valence-electron chi connectivity index (χ4n) is 2.91. The minimum Gasteiger partial charge on any atom is -0.465 e. The number of benzene rings is 1. The van der Waals surface area contributed by atoms with Crippen LogP contribution in [0, 0.1) is 5.92 Å². The van der Waals surface area contributed by atoms with Crippen molar-refractivity contribution in [3.8, 4) is 0 Å². The van der Waals surface area contributed by atoms with Crippen molar-refractivity contribution in [2.24, 2.45) is 5.92 Å². The van der Waals surface area contributed by atoms with E-state index < -0.39 is 0 Å². The lowest BCUT2D eigenvalue weighted by atomic mass is 9.98. The Hall–Kier alpha value is -1.35. The van der Waals surface area contributed by atoms with Gasteiger partial charge in [0.2, 0.25) is 0 Å². The largest absolute Gasteiger partial charge is 0.465 e. The molecule has 0 saturated carbocycles. The van der Waals surface area contributed by atoms with Crippen molar-refractivity contribution in [3.63, 3.8) is 0 Å². The van der Waals surface area contributed by atoms with Gasteiger partial charge < -0.3 is 4.74 Å². The first kappa shape index (κ1) is 15.0.